The molecule has 3 nitrogen and oxygen atoms in total. The molecule has 0 bridgehead atoms. The van der Waals surface area contributed by atoms with Gasteiger partial charge in [0.05, 0.1) is 21.3 Å². The molecular weight excluding hydrogens is 310 g/mol. The van der Waals surface area contributed by atoms with Gasteiger partial charge in [0.2, 0.25) is 0 Å². The number of anilines is 1. The van der Waals surface area contributed by atoms with E-state index >= 15 is 0 Å². The van der Waals surface area contributed by atoms with E-state index in [0.717, 1.165) is 31.8 Å². The Kier molecular flexibility index (Phi) is 3.92. The van der Waals surface area contributed by atoms with Crippen molar-refractivity contribution >= 4 is 49.6 Å². The van der Waals surface area contributed by atoms with Crippen molar-refractivity contribution in [1.29, 1.82) is 0 Å². The lowest BCUT2D eigenvalue weighted by Crippen LogP contribution is -2.05. The highest BCUT2D eigenvalue weighted by atomic mass is 35.5. The van der Waals surface area contributed by atoms with Crippen LogP contribution >= 0.6 is 34.3 Å². The minimum atomic E-state index is 0.152. The van der Waals surface area contributed by atoms with Crippen LogP contribution in [0.25, 0.3) is 10.2 Å². The Morgan fingerprint density at radius 2 is 2.20 bits per heavy atom. The van der Waals surface area contributed by atoms with E-state index in [1.165, 1.54) is 4.88 Å². The Hall–Kier alpha value is -1.17. The number of fused-ring (bicyclic) bond motifs is 1. The second-order valence-electron chi connectivity index (χ2n) is 4.49. The molecule has 0 aliphatic heterocycles. The number of rotatable bonds is 4. The molecule has 1 atom stereocenters. The molecule has 0 radical (unpaired) electrons. The number of benzene rings is 1. The highest BCUT2D eigenvalue weighted by Gasteiger charge is 2.13. The minimum absolute atomic E-state index is 0.152. The summed E-state index contributed by atoms with van der Waals surface area (Å²) in [5, 5.41) is 6.14. The van der Waals surface area contributed by atoms with Crippen LogP contribution in [0.4, 0.5) is 5.13 Å². The Balaban J connectivity index is 1.83. The summed E-state index contributed by atoms with van der Waals surface area (Å²) in [5.74, 6) is 0. The molecule has 0 aliphatic rings. The molecule has 0 amide bonds. The van der Waals surface area contributed by atoms with Gasteiger partial charge in [0.15, 0.2) is 5.13 Å². The van der Waals surface area contributed by atoms with Gasteiger partial charge in [-0.2, -0.15) is 0 Å². The maximum atomic E-state index is 6.18. The summed E-state index contributed by atoms with van der Waals surface area (Å²) in [5.41, 5.74) is 0.936. The van der Waals surface area contributed by atoms with Crippen LogP contribution in [0.3, 0.4) is 0 Å². The number of aromatic nitrogens is 2. The van der Waals surface area contributed by atoms with Crippen molar-refractivity contribution < 1.29 is 0 Å². The van der Waals surface area contributed by atoms with Gasteiger partial charge in [0.25, 0.3) is 0 Å². The van der Waals surface area contributed by atoms with Gasteiger partial charge < -0.3 is 5.32 Å². The van der Waals surface area contributed by atoms with Gasteiger partial charge in [0, 0.05) is 11.1 Å². The lowest BCUT2D eigenvalue weighted by molar-refractivity contribution is 0.867. The minimum Gasteiger partial charge on any atom is -0.353 e. The van der Waals surface area contributed by atoms with Crippen LogP contribution in [0, 0.1) is 0 Å². The SMILES string of the molecule is CCc1cnc(C(C)Nc2nc3cccc(Cl)c3s2)s1. The number of thiazole rings is 2. The third-order valence-corrected chi connectivity index (χ3v) is 5.78. The van der Waals surface area contributed by atoms with E-state index in [1.807, 2.05) is 24.4 Å². The molecule has 0 saturated heterocycles. The summed E-state index contributed by atoms with van der Waals surface area (Å²) in [7, 11) is 0. The van der Waals surface area contributed by atoms with Gasteiger partial charge in [-0.05, 0) is 25.5 Å². The van der Waals surface area contributed by atoms with E-state index in [9.17, 15) is 0 Å². The molecular formula is C14H14ClN3S2. The largest absolute Gasteiger partial charge is 0.353 e. The first-order valence-electron chi connectivity index (χ1n) is 6.43. The third kappa shape index (κ3) is 2.66. The van der Waals surface area contributed by atoms with Crippen molar-refractivity contribution in [3.63, 3.8) is 0 Å². The van der Waals surface area contributed by atoms with Crippen LogP contribution in [-0.2, 0) is 6.42 Å². The van der Waals surface area contributed by atoms with Gasteiger partial charge in [0.1, 0.15) is 5.01 Å². The summed E-state index contributed by atoms with van der Waals surface area (Å²) in [6.45, 7) is 4.25. The van der Waals surface area contributed by atoms with Crippen molar-refractivity contribution in [2.75, 3.05) is 5.32 Å². The molecule has 3 rings (SSSR count). The van der Waals surface area contributed by atoms with E-state index in [-0.39, 0.29) is 6.04 Å². The Morgan fingerprint density at radius 1 is 1.35 bits per heavy atom. The molecule has 0 aliphatic carbocycles. The molecule has 0 saturated carbocycles. The predicted molar refractivity (Wildman–Crippen MR) is 88.2 cm³/mol. The molecule has 2 aromatic heterocycles. The number of nitrogens with zero attached hydrogens (tertiary/aromatic N) is 2. The van der Waals surface area contributed by atoms with Crippen molar-refractivity contribution in [1.82, 2.24) is 9.97 Å². The van der Waals surface area contributed by atoms with Crippen molar-refractivity contribution in [3.05, 3.63) is 39.3 Å². The highest BCUT2D eigenvalue weighted by Crippen LogP contribution is 2.33. The van der Waals surface area contributed by atoms with E-state index in [1.54, 1.807) is 22.7 Å². The van der Waals surface area contributed by atoms with E-state index in [4.69, 9.17) is 11.6 Å². The Bertz CT molecular complexity index is 735. The molecule has 0 fully saturated rings. The molecule has 1 N–H and O–H groups in total. The Labute approximate surface area is 130 Å². The van der Waals surface area contributed by atoms with Crippen LogP contribution in [-0.4, -0.2) is 9.97 Å². The van der Waals surface area contributed by atoms with Crippen LogP contribution in [0.1, 0.15) is 29.8 Å². The summed E-state index contributed by atoms with van der Waals surface area (Å²) >= 11 is 9.51. The molecule has 20 heavy (non-hydrogen) atoms. The second-order valence-corrected chi connectivity index (χ2v) is 7.04. The van der Waals surface area contributed by atoms with E-state index < -0.39 is 0 Å². The number of nitrogens with one attached hydrogen (secondary N) is 1. The first-order chi connectivity index (χ1) is 9.67. The topological polar surface area (TPSA) is 37.8 Å². The zero-order valence-electron chi connectivity index (χ0n) is 11.2. The normalized spacial score (nSPS) is 12.8. The first-order valence-corrected chi connectivity index (χ1v) is 8.44. The molecule has 104 valence electrons. The zero-order chi connectivity index (χ0) is 14.1. The van der Waals surface area contributed by atoms with Crippen LogP contribution in [0.2, 0.25) is 5.02 Å². The summed E-state index contributed by atoms with van der Waals surface area (Å²) in [6.07, 6.45) is 2.98. The smallest absolute Gasteiger partial charge is 0.184 e. The lowest BCUT2D eigenvalue weighted by atomic mass is 10.3. The van der Waals surface area contributed by atoms with Crippen molar-refractivity contribution in [3.8, 4) is 0 Å². The van der Waals surface area contributed by atoms with Gasteiger partial charge in [-0.15, -0.1) is 11.3 Å². The molecule has 0 spiro atoms. The van der Waals surface area contributed by atoms with Crippen LogP contribution in [0.15, 0.2) is 24.4 Å². The maximum absolute atomic E-state index is 6.18. The monoisotopic (exact) mass is 323 g/mol. The molecule has 6 heteroatoms. The van der Waals surface area contributed by atoms with Crippen molar-refractivity contribution in [2.45, 2.75) is 26.3 Å². The summed E-state index contributed by atoms with van der Waals surface area (Å²) in [6, 6.07) is 5.95. The van der Waals surface area contributed by atoms with Crippen LogP contribution in [0.5, 0.6) is 0 Å². The number of aryl methyl sites for hydroxylation is 1. The number of hydrogen-bond donors (Lipinski definition) is 1. The highest BCUT2D eigenvalue weighted by molar-refractivity contribution is 7.22. The standard InChI is InChI=1S/C14H14ClN3S2/c1-3-9-7-16-13(19-9)8(2)17-14-18-11-6-4-5-10(15)12(11)20-14/h4-8H,3H2,1-2H3,(H,17,18). The second kappa shape index (κ2) is 5.68. The van der Waals surface area contributed by atoms with Crippen molar-refractivity contribution in [2.24, 2.45) is 0 Å². The first kappa shape index (κ1) is 13.8. The van der Waals surface area contributed by atoms with Crippen LogP contribution < -0.4 is 5.32 Å². The quantitative estimate of drug-likeness (QED) is 0.722. The van der Waals surface area contributed by atoms with Gasteiger partial charge in [-0.25, -0.2) is 9.97 Å². The van der Waals surface area contributed by atoms with Gasteiger partial charge in [-0.3, -0.25) is 0 Å². The number of halogens is 1. The van der Waals surface area contributed by atoms with E-state index in [0.29, 0.717) is 0 Å². The fraction of sp³-hybridized carbons (Fsp3) is 0.286. The molecule has 3 aromatic rings. The summed E-state index contributed by atoms with van der Waals surface area (Å²) < 4.78 is 1.03. The molecule has 1 unspecified atom stereocenters. The maximum Gasteiger partial charge on any atom is 0.184 e. The van der Waals surface area contributed by atoms with E-state index in [2.05, 4.69) is 29.1 Å². The number of hydrogen-bond acceptors (Lipinski definition) is 5. The summed E-state index contributed by atoms with van der Waals surface area (Å²) in [4.78, 5) is 10.3. The Morgan fingerprint density at radius 3 is 2.90 bits per heavy atom. The predicted octanol–water partition coefficient (Wildman–Crippen LogP) is 5.14. The average molecular weight is 324 g/mol. The fourth-order valence-electron chi connectivity index (χ4n) is 1.91. The fourth-order valence-corrected chi connectivity index (χ4v) is 4.01. The van der Waals surface area contributed by atoms with Gasteiger partial charge >= 0.3 is 0 Å². The third-order valence-electron chi connectivity index (χ3n) is 3.00. The zero-order valence-corrected chi connectivity index (χ0v) is 13.6. The lowest BCUT2D eigenvalue weighted by Gasteiger charge is -2.08. The van der Waals surface area contributed by atoms with Gasteiger partial charge in [-0.1, -0.05) is 35.9 Å². The average Bonchev–Trinajstić information content (AvgIpc) is 3.05. The molecule has 2 heterocycles. The molecule has 1 aromatic carbocycles.